The number of hydrogen-bond donors (Lipinski definition) is 0. The standard InChI is InChI=1S/C5H12N3.Na/c1-7(2)5(6)8(3)4;/h1-4H3;/q-1;+1. The van der Waals surface area contributed by atoms with Gasteiger partial charge in [-0.25, -0.2) is 0 Å². The molecule has 0 unspecified atom stereocenters. The molecule has 0 saturated carbocycles. The van der Waals surface area contributed by atoms with E-state index in [-0.39, 0.29) is 35.5 Å². The zero-order chi connectivity index (χ0) is 6.73. The van der Waals surface area contributed by atoms with Gasteiger partial charge in [0.15, 0.2) is 0 Å². The Bertz CT molecular complexity index is 80.2. The van der Waals surface area contributed by atoms with E-state index in [0.717, 1.165) is 0 Å². The maximum Gasteiger partial charge on any atom is 1.00 e. The van der Waals surface area contributed by atoms with E-state index in [0.29, 0.717) is 0 Å². The quantitative estimate of drug-likeness (QED) is 0.203. The summed E-state index contributed by atoms with van der Waals surface area (Å²) in [7, 11) is 7.15. The molecule has 0 aliphatic rings. The van der Waals surface area contributed by atoms with Gasteiger partial charge in [-0.15, -0.1) is 0 Å². The maximum absolute atomic E-state index is 8.97. The molecule has 0 aromatic carbocycles. The summed E-state index contributed by atoms with van der Waals surface area (Å²) in [5.41, 5.74) is 0. The first-order chi connectivity index (χ1) is 3.55. The monoisotopic (exact) mass is 137 g/mol. The normalized spacial score (nSPS) is 7.56. The van der Waals surface area contributed by atoms with Gasteiger partial charge in [0.1, 0.15) is 0 Å². The Morgan fingerprint density at radius 3 is 1.22 bits per heavy atom. The molecule has 0 atom stereocenters. The fourth-order valence-electron chi connectivity index (χ4n) is 0.400. The van der Waals surface area contributed by atoms with Gasteiger partial charge in [0.25, 0.3) is 0 Å². The summed E-state index contributed by atoms with van der Waals surface area (Å²) >= 11 is 0. The Labute approximate surface area is 78.8 Å². The van der Waals surface area contributed by atoms with Crippen molar-refractivity contribution in [1.29, 1.82) is 0 Å². The summed E-state index contributed by atoms with van der Waals surface area (Å²) in [6.45, 7) is 0. The van der Waals surface area contributed by atoms with Crippen LogP contribution < -0.4 is 29.6 Å². The van der Waals surface area contributed by atoms with Gasteiger partial charge in [-0.05, 0) is 28.2 Å². The first-order valence-electron chi connectivity index (χ1n) is 2.46. The molecule has 0 bridgehead atoms. The van der Waals surface area contributed by atoms with E-state index < -0.39 is 0 Å². The largest absolute Gasteiger partial charge is 1.00 e. The molecular formula is C5H12N3Na. The van der Waals surface area contributed by atoms with Crippen LogP contribution in [0, 0.1) is 0 Å². The molecule has 0 saturated heterocycles. The summed E-state index contributed by atoms with van der Waals surface area (Å²) in [6, 6.07) is 0. The second-order valence-electron chi connectivity index (χ2n) is 2.09. The third kappa shape index (κ3) is 4.75. The van der Waals surface area contributed by atoms with Crippen molar-refractivity contribution in [1.82, 2.24) is 9.80 Å². The molecule has 0 radical (unpaired) electrons. The smallest absolute Gasteiger partial charge is 0.432 e. The van der Waals surface area contributed by atoms with E-state index in [1.165, 1.54) is 0 Å². The average Bonchev–Trinajstić information content (AvgIpc) is 1.64. The average molecular weight is 137 g/mol. The molecule has 0 rings (SSSR count). The van der Waals surface area contributed by atoms with Gasteiger partial charge in [-0.3, -0.25) is 0 Å². The van der Waals surface area contributed by atoms with Crippen molar-refractivity contribution in [3.63, 3.8) is 0 Å². The van der Waals surface area contributed by atoms with Gasteiger partial charge in [0, 0.05) is 5.96 Å². The van der Waals surface area contributed by atoms with Crippen molar-refractivity contribution in [3.05, 3.63) is 5.41 Å². The van der Waals surface area contributed by atoms with Gasteiger partial charge >= 0.3 is 29.6 Å². The molecule has 0 aliphatic heterocycles. The molecule has 0 N–H and O–H groups in total. The van der Waals surface area contributed by atoms with E-state index in [1.807, 2.05) is 0 Å². The van der Waals surface area contributed by atoms with Crippen LogP contribution in [-0.4, -0.2) is 44.0 Å². The van der Waals surface area contributed by atoms with Crippen LogP contribution in [-0.2, 0) is 0 Å². The molecule has 9 heavy (non-hydrogen) atoms. The Morgan fingerprint density at radius 1 is 1.00 bits per heavy atom. The van der Waals surface area contributed by atoms with Gasteiger partial charge in [-0.2, -0.15) is 0 Å². The van der Waals surface area contributed by atoms with Crippen LogP contribution in [0.25, 0.3) is 5.41 Å². The number of guanidine groups is 1. The van der Waals surface area contributed by atoms with Crippen LogP contribution in [0.2, 0.25) is 0 Å². The fraction of sp³-hybridized carbons (Fsp3) is 0.800. The van der Waals surface area contributed by atoms with Crippen molar-refractivity contribution < 1.29 is 29.6 Å². The van der Waals surface area contributed by atoms with E-state index >= 15 is 0 Å². The minimum absolute atomic E-state index is 0. The third-order valence-corrected chi connectivity index (χ3v) is 0.800. The van der Waals surface area contributed by atoms with Crippen LogP contribution in [0.15, 0.2) is 0 Å². The van der Waals surface area contributed by atoms with Crippen molar-refractivity contribution in [2.24, 2.45) is 0 Å². The number of nitrogens with zero attached hydrogens (tertiary/aromatic N) is 3. The van der Waals surface area contributed by atoms with E-state index in [1.54, 1.807) is 38.0 Å². The predicted molar refractivity (Wildman–Crippen MR) is 35.7 cm³/mol. The SMILES string of the molecule is CN(C)C(=[N-])N(C)C.[Na+]. The van der Waals surface area contributed by atoms with Crippen LogP contribution in [0.3, 0.4) is 0 Å². The van der Waals surface area contributed by atoms with Crippen LogP contribution in [0.4, 0.5) is 0 Å². The van der Waals surface area contributed by atoms with Crippen molar-refractivity contribution >= 4 is 5.96 Å². The van der Waals surface area contributed by atoms with E-state index in [4.69, 9.17) is 5.41 Å². The van der Waals surface area contributed by atoms with Crippen LogP contribution in [0.1, 0.15) is 0 Å². The Morgan fingerprint density at radius 2 is 1.22 bits per heavy atom. The van der Waals surface area contributed by atoms with E-state index in [9.17, 15) is 0 Å². The summed E-state index contributed by atoms with van der Waals surface area (Å²) in [6.07, 6.45) is 0. The zero-order valence-electron chi connectivity index (χ0n) is 6.84. The Kier molecular flexibility index (Phi) is 6.78. The molecule has 4 heteroatoms. The van der Waals surface area contributed by atoms with Gasteiger partial charge in [0.05, 0.1) is 0 Å². The van der Waals surface area contributed by atoms with Crippen molar-refractivity contribution in [3.8, 4) is 0 Å². The molecule has 0 aliphatic carbocycles. The van der Waals surface area contributed by atoms with Gasteiger partial charge in [-0.1, -0.05) is 0 Å². The number of hydrogen-bond acceptors (Lipinski definition) is 0. The Balaban J connectivity index is 0. The molecular weight excluding hydrogens is 125 g/mol. The minimum atomic E-state index is 0. The molecule has 0 spiro atoms. The van der Waals surface area contributed by atoms with Crippen LogP contribution in [0.5, 0.6) is 0 Å². The van der Waals surface area contributed by atoms with Crippen molar-refractivity contribution in [2.75, 3.05) is 28.2 Å². The van der Waals surface area contributed by atoms with Crippen molar-refractivity contribution in [2.45, 2.75) is 0 Å². The third-order valence-electron chi connectivity index (χ3n) is 0.800. The zero-order valence-corrected chi connectivity index (χ0v) is 8.84. The molecule has 0 amide bonds. The first kappa shape index (κ1) is 12.0. The first-order valence-corrected chi connectivity index (χ1v) is 2.46. The predicted octanol–water partition coefficient (Wildman–Crippen LogP) is -2.96. The van der Waals surface area contributed by atoms with Gasteiger partial charge < -0.3 is 15.2 Å². The fourth-order valence-corrected chi connectivity index (χ4v) is 0.400. The molecule has 3 nitrogen and oxygen atoms in total. The summed E-state index contributed by atoms with van der Waals surface area (Å²) in [5, 5.41) is 8.97. The molecule has 0 heterocycles. The Hall–Kier alpha value is 0.270. The minimum Gasteiger partial charge on any atom is -0.432 e. The maximum atomic E-state index is 8.97. The van der Waals surface area contributed by atoms with E-state index in [2.05, 4.69) is 0 Å². The topological polar surface area (TPSA) is 28.8 Å². The summed E-state index contributed by atoms with van der Waals surface area (Å²) in [4.78, 5) is 3.28. The molecule has 48 valence electrons. The second-order valence-corrected chi connectivity index (χ2v) is 2.09. The van der Waals surface area contributed by atoms with Gasteiger partial charge in [0.2, 0.25) is 0 Å². The second kappa shape index (κ2) is 5.09. The molecule has 0 aromatic rings. The van der Waals surface area contributed by atoms with Crippen LogP contribution >= 0.6 is 0 Å². The molecule has 0 aromatic heterocycles. The number of rotatable bonds is 0. The summed E-state index contributed by atoms with van der Waals surface area (Å²) < 4.78 is 0. The summed E-state index contributed by atoms with van der Waals surface area (Å²) in [5.74, 6) is 0.269. The molecule has 0 fully saturated rings.